The predicted octanol–water partition coefficient (Wildman–Crippen LogP) is 2.00. The first-order chi connectivity index (χ1) is 9.52. The van der Waals surface area contributed by atoms with Crippen molar-refractivity contribution in [2.75, 3.05) is 31.6 Å². The molecule has 6 heteroatoms. The Balaban J connectivity index is 2.35. The normalized spacial score (nSPS) is 20.2. The van der Waals surface area contributed by atoms with Crippen LogP contribution in [0.5, 0.6) is 0 Å². The molecule has 1 aliphatic rings. The number of nitro groups is 1. The van der Waals surface area contributed by atoms with Crippen molar-refractivity contribution >= 4 is 11.4 Å². The van der Waals surface area contributed by atoms with Gasteiger partial charge in [0.1, 0.15) is 11.6 Å². The molecule has 2 rings (SSSR count). The summed E-state index contributed by atoms with van der Waals surface area (Å²) in [7, 11) is 2.08. The second-order valence-corrected chi connectivity index (χ2v) is 5.23. The number of hydrogen-bond acceptors (Lipinski definition) is 5. The SMILES string of the molecule is CC1CN(C)CCCN1c1ccc(C#N)c([N+](=O)[O-])c1. The zero-order chi connectivity index (χ0) is 14.7. The minimum Gasteiger partial charge on any atom is -0.367 e. The maximum absolute atomic E-state index is 11.0. The van der Waals surface area contributed by atoms with Gasteiger partial charge < -0.3 is 9.80 Å². The summed E-state index contributed by atoms with van der Waals surface area (Å²) in [6.45, 7) is 4.94. The van der Waals surface area contributed by atoms with Crippen molar-refractivity contribution in [3.05, 3.63) is 33.9 Å². The van der Waals surface area contributed by atoms with Crippen LogP contribution in [0.15, 0.2) is 18.2 Å². The number of benzene rings is 1. The van der Waals surface area contributed by atoms with E-state index in [4.69, 9.17) is 5.26 Å². The first-order valence-electron chi connectivity index (χ1n) is 6.66. The first kappa shape index (κ1) is 14.3. The van der Waals surface area contributed by atoms with Crippen molar-refractivity contribution in [3.63, 3.8) is 0 Å². The highest BCUT2D eigenvalue weighted by atomic mass is 16.6. The summed E-state index contributed by atoms with van der Waals surface area (Å²) < 4.78 is 0. The van der Waals surface area contributed by atoms with Gasteiger partial charge >= 0.3 is 0 Å². The van der Waals surface area contributed by atoms with E-state index in [1.807, 2.05) is 6.07 Å². The number of likely N-dealkylation sites (N-methyl/N-ethyl adjacent to an activating group) is 1. The quantitative estimate of drug-likeness (QED) is 0.609. The lowest BCUT2D eigenvalue weighted by Crippen LogP contribution is -2.37. The molecule has 106 valence electrons. The van der Waals surface area contributed by atoms with E-state index in [2.05, 4.69) is 23.8 Å². The Bertz CT molecular complexity index is 553. The molecule has 1 saturated heterocycles. The summed E-state index contributed by atoms with van der Waals surface area (Å²) >= 11 is 0. The van der Waals surface area contributed by atoms with Gasteiger partial charge in [-0.05, 0) is 39.1 Å². The summed E-state index contributed by atoms with van der Waals surface area (Å²) in [5.41, 5.74) is 0.812. The van der Waals surface area contributed by atoms with Gasteiger partial charge in [-0.25, -0.2) is 0 Å². The lowest BCUT2D eigenvalue weighted by Gasteiger charge is -2.30. The van der Waals surface area contributed by atoms with E-state index in [9.17, 15) is 10.1 Å². The van der Waals surface area contributed by atoms with Gasteiger partial charge in [0.15, 0.2) is 0 Å². The number of hydrogen-bond donors (Lipinski definition) is 0. The van der Waals surface area contributed by atoms with E-state index in [1.165, 1.54) is 12.1 Å². The van der Waals surface area contributed by atoms with Gasteiger partial charge in [-0.2, -0.15) is 5.26 Å². The summed E-state index contributed by atoms with van der Waals surface area (Å²) in [5, 5.41) is 20.0. The molecule has 0 bridgehead atoms. The topological polar surface area (TPSA) is 73.4 Å². The minimum atomic E-state index is -0.489. The van der Waals surface area contributed by atoms with Crippen LogP contribution in [-0.4, -0.2) is 42.5 Å². The highest BCUT2D eigenvalue weighted by Gasteiger charge is 2.22. The molecule has 20 heavy (non-hydrogen) atoms. The third kappa shape index (κ3) is 2.89. The molecule has 1 fully saturated rings. The van der Waals surface area contributed by atoms with Crippen LogP contribution in [-0.2, 0) is 0 Å². The molecule has 1 aromatic rings. The molecular weight excluding hydrogens is 256 g/mol. The maximum Gasteiger partial charge on any atom is 0.289 e. The van der Waals surface area contributed by atoms with Gasteiger partial charge in [-0.3, -0.25) is 10.1 Å². The molecule has 1 unspecified atom stereocenters. The van der Waals surface area contributed by atoms with Crippen LogP contribution in [0.4, 0.5) is 11.4 Å². The van der Waals surface area contributed by atoms with Gasteiger partial charge in [-0.1, -0.05) is 0 Å². The van der Waals surface area contributed by atoms with Crippen LogP contribution < -0.4 is 4.90 Å². The van der Waals surface area contributed by atoms with Crippen molar-refractivity contribution in [1.29, 1.82) is 5.26 Å². The molecule has 1 aliphatic heterocycles. The predicted molar refractivity (Wildman–Crippen MR) is 76.7 cm³/mol. The van der Waals surface area contributed by atoms with Gasteiger partial charge in [-0.15, -0.1) is 0 Å². The second kappa shape index (κ2) is 5.88. The average Bonchev–Trinajstić information content (AvgIpc) is 2.58. The molecule has 0 spiro atoms. The Labute approximate surface area is 118 Å². The fraction of sp³-hybridized carbons (Fsp3) is 0.500. The molecule has 6 nitrogen and oxygen atoms in total. The van der Waals surface area contributed by atoms with E-state index in [0.717, 1.165) is 31.7 Å². The monoisotopic (exact) mass is 274 g/mol. The van der Waals surface area contributed by atoms with Crippen LogP contribution in [0.2, 0.25) is 0 Å². The number of nitriles is 1. The van der Waals surface area contributed by atoms with Crippen LogP contribution in [0.1, 0.15) is 18.9 Å². The fourth-order valence-corrected chi connectivity index (χ4v) is 2.70. The van der Waals surface area contributed by atoms with Crippen LogP contribution >= 0.6 is 0 Å². The third-order valence-corrected chi connectivity index (χ3v) is 3.68. The summed E-state index contributed by atoms with van der Waals surface area (Å²) in [5.74, 6) is 0. The molecule has 0 radical (unpaired) electrons. The fourth-order valence-electron chi connectivity index (χ4n) is 2.70. The molecular formula is C14H18N4O2. The average molecular weight is 274 g/mol. The van der Waals surface area contributed by atoms with Crippen molar-refractivity contribution in [2.45, 2.75) is 19.4 Å². The zero-order valence-corrected chi connectivity index (χ0v) is 11.7. The molecule has 0 N–H and O–H groups in total. The van der Waals surface area contributed by atoms with E-state index < -0.39 is 4.92 Å². The maximum atomic E-state index is 11.0. The lowest BCUT2D eigenvalue weighted by molar-refractivity contribution is -0.385. The van der Waals surface area contributed by atoms with E-state index in [0.29, 0.717) is 0 Å². The smallest absolute Gasteiger partial charge is 0.289 e. The van der Waals surface area contributed by atoms with Crippen molar-refractivity contribution in [1.82, 2.24) is 4.90 Å². The molecule has 1 aromatic carbocycles. The van der Waals surface area contributed by atoms with Gasteiger partial charge in [0, 0.05) is 30.9 Å². The van der Waals surface area contributed by atoms with Gasteiger partial charge in [0.05, 0.1) is 4.92 Å². The molecule has 0 saturated carbocycles. The summed E-state index contributed by atoms with van der Waals surface area (Å²) in [6, 6.07) is 7.01. The lowest BCUT2D eigenvalue weighted by atomic mass is 10.1. The number of nitro benzene ring substituents is 1. The Morgan fingerprint density at radius 1 is 1.45 bits per heavy atom. The van der Waals surface area contributed by atoms with Crippen LogP contribution in [0.3, 0.4) is 0 Å². The number of rotatable bonds is 2. The summed E-state index contributed by atoms with van der Waals surface area (Å²) in [4.78, 5) is 15.0. The molecule has 0 aromatic heterocycles. The number of nitrogens with zero attached hydrogens (tertiary/aromatic N) is 4. The van der Waals surface area contributed by atoms with Gasteiger partial charge in [0.25, 0.3) is 5.69 Å². The Kier molecular flexibility index (Phi) is 4.20. The van der Waals surface area contributed by atoms with Crippen LogP contribution in [0.25, 0.3) is 0 Å². The third-order valence-electron chi connectivity index (χ3n) is 3.68. The highest BCUT2D eigenvalue weighted by Crippen LogP contribution is 2.27. The van der Waals surface area contributed by atoms with Gasteiger partial charge in [0.2, 0.25) is 0 Å². The second-order valence-electron chi connectivity index (χ2n) is 5.23. The Hall–Kier alpha value is -2.13. The standard InChI is InChI=1S/C14H18N4O2/c1-11-10-16(2)6-3-7-17(11)13-5-4-12(9-15)14(8-13)18(19)20/h4-5,8,11H,3,6-7,10H2,1-2H3. The van der Waals surface area contributed by atoms with Crippen LogP contribution in [0, 0.1) is 21.4 Å². The van der Waals surface area contributed by atoms with E-state index in [-0.39, 0.29) is 17.3 Å². The number of anilines is 1. The zero-order valence-electron chi connectivity index (χ0n) is 11.7. The van der Waals surface area contributed by atoms with E-state index in [1.54, 1.807) is 6.07 Å². The Morgan fingerprint density at radius 2 is 2.20 bits per heavy atom. The Morgan fingerprint density at radius 3 is 2.85 bits per heavy atom. The van der Waals surface area contributed by atoms with Crippen molar-refractivity contribution in [2.24, 2.45) is 0 Å². The molecule has 1 atom stereocenters. The van der Waals surface area contributed by atoms with E-state index >= 15 is 0 Å². The largest absolute Gasteiger partial charge is 0.367 e. The highest BCUT2D eigenvalue weighted by molar-refractivity contribution is 5.60. The van der Waals surface area contributed by atoms with Crippen molar-refractivity contribution < 1.29 is 4.92 Å². The first-order valence-corrected chi connectivity index (χ1v) is 6.66. The molecule has 1 heterocycles. The van der Waals surface area contributed by atoms with Crippen molar-refractivity contribution in [3.8, 4) is 6.07 Å². The molecule has 0 aliphatic carbocycles. The minimum absolute atomic E-state index is 0.110. The summed E-state index contributed by atoms with van der Waals surface area (Å²) in [6.07, 6.45) is 1.02. The molecule has 0 amide bonds.